The van der Waals surface area contributed by atoms with E-state index in [0.29, 0.717) is 0 Å². The second kappa shape index (κ2) is 7.51. The number of carbonyl (C=O) groups is 1. The highest BCUT2D eigenvalue weighted by Crippen LogP contribution is 2.31. The Bertz CT molecular complexity index is 987. The largest absolute Gasteiger partial charge is 0.339 e. The first-order valence-electron chi connectivity index (χ1n) is 9.54. The summed E-state index contributed by atoms with van der Waals surface area (Å²) in [5.41, 5.74) is 5.37. The summed E-state index contributed by atoms with van der Waals surface area (Å²) in [5, 5.41) is 5.35. The zero-order chi connectivity index (χ0) is 19.7. The number of hydrogen-bond donors (Lipinski definition) is 0. The molecule has 0 radical (unpaired) electrons. The van der Waals surface area contributed by atoms with Crippen molar-refractivity contribution in [1.82, 2.24) is 19.7 Å². The Labute approximate surface area is 161 Å². The molecule has 5 heteroatoms. The van der Waals surface area contributed by atoms with E-state index in [1.807, 2.05) is 64.0 Å². The van der Waals surface area contributed by atoms with E-state index in [4.69, 9.17) is 4.98 Å². The molecule has 2 aromatic heterocycles. The topological polar surface area (TPSA) is 51.0 Å². The SMILES string of the molecule is CCCn1cc(-c2nc3ccc(C)cc3c(C(=O)N(C)C(C)C)c2C)cn1. The van der Waals surface area contributed by atoms with Crippen LogP contribution in [0.5, 0.6) is 0 Å². The van der Waals surface area contributed by atoms with Crippen molar-refractivity contribution in [3.63, 3.8) is 0 Å². The lowest BCUT2D eigenvalue weighted by molar-refractivity contribution is 0.0756. The van der Waals surface area contributed by atoms with Crippen molar-refractivity contribution in [2.45, 2.75) is 53.6 Å². The molecule has 1 aromatic carbocycles. The summed E-state index contributed by atoms with van der Waals surface area (Å²) in [6.45, 7) is 11.1. The van der Waals surface area contributed by atoms with Gasteiger partial charge in [0.05, 0.1) is 23.0 Å². The summed E-state index contributed by atoms with van der Waals surface area (Å²) in [7, 11) is 1.85. The fourth-order valence-electron chi connectivity index (χ4n) is 3.28. The maximum absolute atomic E-state index is 13.3. The minimum Gasteiger partial charge on any atom is -0.339 e. The molecule has 0 bridgehead atoms. The Kier molecular flexibility index (Phi) is 5.31. The fraction of sp³-hybridized carbons (Fsp3) is 0.409. The molecule has 27 heavy (non-hydrogen) atoms. The maximum Gasteiger partial charge on any atom is 0.254 e. The first kappa shape index (κ1) is 19.1. The molecular formula is C22H28N4O. The number of benzene rings is 1. The number of aromatic nitrogens is 3. The van der Waals surface area contributed by atoms with E-state index in [2.05, 4.69) is 18.1 Å². The Morgan fingerprint density at radius 3 is 2.67 bits per heavy atom. The average Bonchev–Trinajstić information content (AvgIpc) is 3.08. The molecule has 0 spiro atoms. The van der Waals surface area contributed by atoms with Gasteiger partial charge in [0.1, 0.15) is 0 Å². The van der Waals surface area contributed by atoms with Crippen LogP contribution in [0.1, 0.15) is 48.7 Å². The highest BCUT2D eigenvalue weighted by atomic mass is 16.2. The second-order valence-corrected chi connectivity index (χ2v) is 7.48. The van der Waals surface area contributed by atoms with Crippen LogP contribution < -0.4 is 0 Å². The lowest BCUT2D eigenvalue weighted by Crippen LogP contribution is -2.33. The molecule has 0 N–H and O–H groups in total. The van der Waals surface area contributed by atoms with Crippen molar-refractivity contribution in [2.24, 2.45) is 0 Å². The van der Waals surface area contributed by atoms with Gasteiger partial charge in [-0.2, -0.15) is 5.10 Å². The van der Waals surface area contributed by atoms with Gasteiger partial charge < -0.3 is 4.90 Å². The first-order chi connectivity index (χ1) is 12.8. The highest BCUT2D eigenvalue weighted by molar-refractivity contribution is 6.09. The number of aryl methyl sites for hydroxylation is 2. The average molecular weight is 364 g/mol. The van der Waals surface area contributed by atoms with Crippen LogP contribution in [0.3, 0.4) is 0 Å². The van der Waals surface area contributed by atoms with Crippen LogP contribution in [0, 0.1) is 13.8 Å². The molecule has 0 saturated heterocycles. The van der Waals surface area contributed by atoms with E-state index >= 15 is 0 Å². The molecule has 0 aliphatic rings. The van der Waals surface area contributed by atoms with E-state index in [1.165, 1.54) is 0 Å². The van der Waals surface area contributed by atoms with Crippen molar-refractivity contribution in [2.75, 3.05) is 7.05 Å². The molecule has 3 rings (SSSR count). The first-order valence-corrected chi connectivity index (χ1v) is 9.54. The van der Waals surface area contributed by atoms with Gasteiger partial charge in [0.15, 0.2) is 0 Å². The van der Waals surface area contributed by atoms with Gasteiger partial charge >= 0.3 is 0 Å². The molecule has 0 unspecified atom stereocenters. The lowest BCUT2D eigenvalue weighted by Gasteiger charge is -2.24. The Morgan fingerprint density at radius 1 is 1.26 bits per heavy atom. The number of hydrogen-bond acceptors (Lipinski definition) is 3. The Hall–Kier alpha value is -2.69. The minimum atomic E-state index is 0.0303. The molecule has 142 valence electrons. The number of nitrogens with zero attached hydrogens (tertiary/aromatic N) is 4. The molecular weight excluding hydrogens is 336 g/mol. The van der Waals surface area contributed by atoms with Gasteiger partial charge in [0, 0.05) is 36.8 Å². The van der Waals surface area contributed by atoms with Crippen LogP contribution in [0.15, 0.2) is 30.6 Å². The summed E-state index contributed by atoms with van der Waals surface area (Å²) < 4.78 is 1.93. The van der Waals surface area contributed by atoms with Gasteiger partial charge in [-0.1, -0.05) is 18.6 Å². The number of fused-ring (bicyclic) bond motifs is 1. The predicted molar refractivity (Wildman–Crippen MR) is 110 cm³/mol. The summed E-state index contributed by atoms with van der Waals surface area (Å²) >= 11 is 0. The van der Waals surface area contributed by atoms with Crippen LogP contribution in [-0.4, -0.2) is 38.7 Å². The zero-order valence-electron chi connectivity index (χ0n) is 17.1. The van der Waals surface area contributed by atoms with E-state index in [-0.39, 0.29) is 11.9 Å². The summed E-state index contributed by atoms with van der Waals surface area (Å²) in [4.78, 5) is 20.0. The molecule has 0 aliphatic carbocycles. The summed E-state index contributed by atoms with van der Waals surface area (Å²) in [5.74, 6) is 0.0303. The van der Waals surface area contributed by atoms with Crippen molar-refractivity contribution in [3.05, 3.63) is 47.3 Å². The fourth-order valence-corrected chi connectivity index (χ4v) is 3.28. The summed E-state index contributed by atoms with van der Waals surface area (Å²) in [6.07, 6.45) is 4.87. The van der Waals surface area contributed by atoms with E-state index in [0.717, 1.165) is 51.8 Å². The molecule has 5 nitrogen and oxygen atoms in total. The normalized spacial score (nSPS) is 11.4. The standard InChI is InChI=1S/C22H28N4O/c1-7-10-26-13-17(12-23-26)21-16(5)20(22(27)25(6)14(2)3)18-11-15(4)8-9-19(18)24-21/h8-9,11-14H,7,10H2,1-6H3. The number of amides is 1. The molecule has 2 heterocycles. The smallest absolute Gasteiger partial charge is 0.254 e. The van der Waals surface area contributed by atoms with Gasteiger partial charge in [-0.25, -0.2) is 4.98 Å². The van der Waals surface area contributed by atoms with Crippen LogP contribution in [0.4, 0.5) is 0 Å². The van der Waals surface area contributed by atoms with Crippen LogP contribution >= 0.6 is 0 Å². The maximum atomic E-state index is 13.3. The van der Waals surface area contributed by atoms with Crippen LogP contribution in [0.25, 0.3) is 22.2 Å². The Balaban J connectivity index is 2.25. The Morgan fingerprint density at radius 2 is 2.00 bits per heavy atom. The lowest BCUT2D eigenvalue weighted by atomic mass is 9.96. The molecule has 3 aromatic rings. The zero-order valence-corrected chi connectivity index (χ0v) is 17.1. The van der Waals surface area contributed by atoms with Gasteiger partial charge in [-0.15, -0.1) is 0 Å². The highest BCUT2D eigenvalue weighted by Gasteiger charge is 2.23. The van der Waals surface area contributed by atoms with Gasteiger partial charge in [0.25, 0.3) is 5.91 Å². The molecule has 0 aliphatic heterocycles. The summed E-state index contributed by atoms with van der Waals surface area (Å²) in [6, 6.07) is 6.22. The van der Waals surface area contributed by atoms with Crippen LogP contribution in [-0.2, 0) is 6.54 Å². The third kappa shape index (κ3) is 3.59. The van der Waals surface area contributed by atoms with Gasteiger partial charge in [0.2, 0.25) is 0 Å². The monoisotopic (exact) mass is 364 g/mol. The number of rotatable bonds is 5. The van der Waals surface area contributed by atoms with Crippen molar-refractivity contribution < 1.29 is 4.79 Å². The van der Waals surface area contributed by atoms with E-state index in [1.54, 1.807) is 4.90 Å². The van der Waals surface area contributed by atoms with Gasteiger partial charge in [-0.05, 0) is 51.8 Å². The van der Waals surface area contributed by atoms with Crippen molar-refractivity contribution >= 4 is 16.8 Å². The number of pyridine rings is 1. The van der Waals surface area contributed by atoms with Crippen LogP contribution in [0.2, 0.25) is 0 Å². The molecule has 0 fully saturated rings. The molecule has 1 amide bonds. The van der Waals surface area contributed by atoms with E-state index < -0.39 is 0 Å². The quantitative estimate of drug-likeness (QED) is 0.664. The van der Waals surface area contributed by atoms with Crippen molar-refractivity contribution in [1.29, 1.82) is 0 Å². The third-order valence-electron chi connectivity index (χ3n) is 5.05. The second-order valence-electron chi connectivity index (χ2n) is 7.48. The minimum absolute atomic E-state index is 0.0303. The van der Waals surface area contributed by atoms with Crippen molar-refractivity contribution in [3.8, 4) is 11.3 Å². The third-order valence-corrected chi connectivity index (χ3v) is 5.05. The predicted octanol–water partition coefficient (Wildman–Crippen LogP) is 4.61. The number of carbonyl (C=O) groups excluding carboxylic acids is 1. The van der Waals surface area contributed by atoms with E-state index in [9.17, 15) is 4.79 Å². The molecule has 0 atom stereocenters. The van der Waals surface area contributed by atoms with Gasteiger partial charge in [-0.3, -0.25) is 9.48 Å². The molecule has 0 saturated carbocycles.